The summed E-state index contributed by atoms with van der Waals surface area (Å²) >= 11 is 16.6. The summed E-state index contributed by atoms with van der Waals surface area (Å²) in [5, 5.41) is 5.08. The van der Waals surface area contributed by atoms with Gasteiger partial charge in [-0.05, 0) is 58.1 Å². The van der Waals surface area contributed by atoms with Crippen molar-refractivity contribution < 1.29 is 9.47 Å². The van der Waals surface area contributed by atoms with Gasteiger partial charge in [0, 0.05) is 16.5 Å². The second-order valence-corrected chi connectivity index (χ2v) is 8.20. The molecule has 0 bridgehead atoms. The summed E-state index contributed by atoms with van der Waals surface area (Å²) in [6.07, 6.45) is 5.46. The first-order valence-electron chi connectivity index (χ1n) is 8.37. The Kier molecular flexibility index (Phi) is 4.84. The highest BCUT2D eigenvalue weighted by Gasteiger charge is 2.40. The van der Waals surface area contributed by atoms with E-state index in [1.54, 1.807) is 14.2 Å². The van der Waals surface area contributed by atoms with Gasteiger partial charge in [0.1, 0.15) is 0 Å². The van der Waals surface area contributed by atoms with Crippen molar-refractivity contribution in [1.29, 1.82) is 0 Å². The number of nitrogens with one attached hydrogen (secondary N) is 1. The highest BCUT2D eigenvalue weighted by atomic mass is 79.9. The van der Waals surface area contributed by atoms with E-state index in [1.807, 2.05) is 18.2 Å². The van der Waals surface area contributed by atoms with Crippen LogP contribution in [0, 0.1) is 5.92 Å². The van der Waals surface area contributed by atoms with E-state index in [0.717, 1.165) is 32.7 Å². The van der Waals surface area contributed by atoms with Crippen LogP contribution in [0.3, 0.4) is 0 Å². The number of fused-ring (bicyclic) bond motifs is 3. The number of allylic oxidation sites excluding steroid dienone is 2. The summed E-state index contributed by atoms with van der Waals surface area (Å²) in [6, 6.07) is 7.92. The molecule has 4 rings (SSSR count). The topological polar surface area (TPSA) is 30.5 Å². The first kappa shape index (κ1) is 18.0. The normalized spacial score (nSPS) is 23.2. The summed E-state index contributed by atoms with van der Waals surface area (Å²) in [5.74, 6) is 2.00. The lowest BCUT2D eigenvalue weighted by atomic mass is 9.77. The van der Waals surface area contributed by atoms with Gasteiger partial charge >= 0.3 is 0 Å². The van der Waals surface area contributed by atoms with Crippen molar-refractivity contribution >= 4 is 44.8 Å². The lowest BCUT2D eigenvalue weighted by Crippen LogP contribution is -2.29. The fourth-order valence-corrected chi connectivity index (χ4v) is 5.20. The molecule has 1 heterocycles. The molecule has 0 unspecified atom stereocenters. The van der Waals surface area contributed by atoms with Gasteiger partial charge in [0.15, 0.2) is 11.5 Å². The van der Waals surface area contributed by atoms with Gasteiger partial charge in [-0.15, -0.1) is 0 Å². The molecule has 3 atom stereocenters. The average molecular weight is 455 g/mol. The van der Waals surface area contributed by atoms with E-state index in [1.165, 1.54) is 0 Å². The number of anilines is 1. The number of methoxy groups -OCH3 is 2. The Morgan fingerprint density at radius 3 is 2.62 bits per heavy atom. The van der Waals surface area contributed by atoms with Gasteiger partial charge in [-0.1, -0.05) is 35.4 Å². The molecular formula is C20H18BrCl2NO2. The largest absolute Gasteiger partial charge is 0.493 e. The van der Waals surface area contributed by atoms with Crippen LogP contribution in [0.2, 0.25) is 10.0 Å². The van der Waals surface area contributed by atoms with Gasteiger partial charge in [0.25, 0.3) is 0 Å². The Bertz CT molecular complexity index is 900. The van der Waals surface area contributed by atoms with Gasteiger partial charge in [-0.3, -0.25) is 0 Å². The van der Waals surface area contributed by atoms with Crippen molar-refractivity contribution in [2.24, 2.45) is 5.92 Å². The Labute approximate surface area is 171 Å². The number of ether oxygens (including phenoxy) is 2. The van der Waals surface area contributed by atoms with Crippen LogP contribution >= 0.6 is 39.1 Å². The molecule has 2 aromatic carbocycles. The Balaban J connectivity index is 1.84. The van der Waals surface area contributed by atoms with E-state index in [9.17, 15) is 0 Å². The zero-order valence-electron chi connectivity index (χ0n) is 14.4. The molecule has 6 heteroatoms. The first-order chi connectivity index (χ1) is 12.5. The van der Waals surface area contributed by atoms with Gasteiger partial charge in [-0.25, -0.2) is 0 Å². The third-order valence-electron chi connectivity index (χ3n) is 5.23. The van der Waals surface area contributed by atoms with Crippen LogP contribution in [0.1, 0.15) is 29.5 Å². The van der Waals surface area contributed by atoms with Crippen molar-refractivity contribution in [2.45, 2.75) is 18.4 Å². The third-order valence-corrected chi connectivity index (χ3v) is 6.46. The Morgan fingerprint density at radius 2 is 1.88 bits per heavy atom. The maximum absolute atomic E-state index is 6.51. The minimum absolute atomic E-state index is 0.0922. The van der Waals surface area contributed by atoms with Gasteiger partial charge in [0.05, 0.1) is 35.4 Å². The maximum atomic E-state index is 6.51. The molecule has 2 aromatic rings. The minimum atomic E-state index is 0.0922. The van der Waals surface area contributed by atoms with Crippen LogP contribution in [0.15, 0.2) is 40.9 Å². The molecule has 0 radical (unpaired) electrons. The second kappa shape index (κ2) is 6.99. The van der Waals surface area contributed by atoms with E-state index in [0.29, 0.717) is 22.4 Å². The summed E-state index contributed by atoms with van der Waals surface area (Å²) < 4.78 is 11.8. The molecule has 136 valence electrons. The molecule has 0 saturated heterocycles. The lowest BCUT2D eigenvalue weighted by molar-refractivity contribution is 0.351. The fraction of sp³-hybridized carbons (Fsp3) is 0.300. The van der Waals surface area contributed by atoms with Crippen LogP contribution in [0.5, 0.6) is 11.5 Å². The fourth-order valence-electron chi connectivity index (χ4n) is 4.08. The van der Waals surface area contributed by atoms with E-state index >= 15 is 0 Å². The van der Waals surface area contributed by atoms with Gasteiger partial charge in [-0.2, -0.15) is 0 Å². The van der Waals surface area contributed by atoms with Gasteiger partial charge in [0.2, 0.25) is 0 Å². The number of hydrogen-bond donors (Lipinski definition) is 1. The third kappa shape index (κ3) is 2.79. The van der Waals surface area contributed by atoms with E-state index in [-0.39, 0.29) is 12.0 Å². The highest BCUT2D eigenvalue weighted by molar-refractivity contribution is 9.10. The first-order valence-corrected chi connectivity index (χ1v) is 9.92. The van der Waals surface area contributed by atoms with Crippen molar-refractivity contribution in [3.05, 3.63) is 62.1 Å². The van der Waals surface area contributed by atoms with Crippen LogP contribution in [0.4, 0.5) is 5.69 Å². The predicted octanol–water partition coefficient (Wildman–Crippen LogP) is 6.60. The highest BCUT2D eigenvalue weighted by Crippen LogP contribution is 2.54. The molecule has 1 aliphatic heterocycles. The molecule has 2 aliphatic rings. The molecule has 0 spiro atoms. The van der Waals surface area contributed by atoms with Crippen molar-refractivity contribution in [3.63, 3.8) is 0 Å². The standard InChI is InChI=1S/C20H18BrCl2NO2/c1-25-16-9-10(8-13(21)20(16)26-2)18-12-5-3-4-11(12)17-14(22)6-7-15(23)19(17)24-18/h3-4,6-9,11-12,18,24H,5H2,1-2H3/t11-,12+,18+/m1/s1. The van der Waals surface area contributed by atoms with E-state index in [2.05, 4.69) is 39.5 Å². The summed E-state index contributed by atoms with van der Waals surface area (Å²) in [7, 11) is 3.28. The van der Waals surface area contributed by atoms with Crippen molar-refractivity contribution in [2.75, 3.05) is 19.5 Å². The summed E-state index contributed by atoms with van der Waals surface area (Å²) in [4.78, 5) is 0. The van der Waals surface area contributed by atoms with E-state index < -0.39 is 0 Å². The lowest BCUT2D eigenvalue weighted by Gasteiger charge is -2.38. The summed E-state index contributed by atoms with van der Waals surface area (Å²) in [6.45, 7) is 0. The second-order valence-electron chi connectivity index (χ2n) is 6.53. The van der Waals surface area contributed by atoms with Crippen LogP contribution in [0.25, 0.3) is 0 Å². The zero-order valence-corrected chi connectivity index (χ0v) is 17.5. The smallest absolute Gasteiger partial charge is 0.174 e. The van der Waals surface area contributed by atoms with E-state index in [4.69, 9.17) is 32.7 Å². The average Bonchev–Trinajstić information content (AvgIpc) is 3.12. The molecule has 3 nitrogen and oxygen atoms in total. The molecule has 1 N–H and O–H groups in total. The minimum Gasteiger partial charge on any atom is -0.493 e. The molecular weight excluding hydrogens is 437 g/mol. The number of benzene rings is 2. The zero-order chi connectivity index (χ0) is 18.4. The Morgan fingerprint density at radius 1 is 1.12 bits per heavy atom. The van der Waals surface area contributed by atoms with Crippen LogP contribution in [-0.2, 0) is 0 Å². The molecule has 0 saturated carbocycles. The van der Waals surface area contributed by atoms with Crippen molar-refractivity contribution in [3.8, 4) is 11.5 Å². The maximum Gasteiger partial charge on any atom is 0.174 e. The quantitative estimate of drug-likeness (QED) is 0.530. The van der Waals surface area contributed by atoms with Crippen molar-refractivity contribution in [1.82, 2.24) is 0 Å². The summed E-state index contributed by atoms with van der Waals surface area (Å²) in [5.41, 5.74) is 3.13. The monoisotopic (exact) mass is 453 g/mol. The molecule has 0 aromatic heterocycles. The Hall–Kier alpha value is -1.36. The molecule has 1 aliphatic carbocycles. The van der Waals surface area contributed by atoms with Gasteiger partial charge < -0.3 is 14.8 Å². The number of hydrogen-bond acceptors (Lipinski definition) is 3. The number of halogens is 3. The predicted molar refractivity (Wildman–Crippen MR) is 110 cm³/mol. The van der Waals surface area contributed by atoms with Crippen LogP contribution < -0.4 is 14.8 Å². The SMILES string of the molecule is COc1cc([C@@H]2Nc3c(Cl)ccc(Cl)c3[C@@H]3C=CC[C@@H]32)cc(Br)c1OC. The molecule has 26 heavy (non-hydrogen) atoms. The molecule has 0 fully saturated rings. The molecule has 0 amide bonds. The number of rotatable bonds is 3. The van der Waals surface area contributed by atoms with Crippen LogP contribution in [-0.4, -0.2) is 14.2 Å².